The van der Waals surface area contributed by atoms with Crippen LogP contribution in [0.25, 0.3) is 0 Å². The zero-order chi connectivity index (χ0) is 11.8. The maximum Gasteiger partial charge on any atom is 0.305 e. The minimum absolute atomic E-state index is 0.125. The fourth-order valence-electron chi connectivity index (χ4n) is 0.568. The molecule has 0 amide bonds. The van der Waals surface area contributed by atoms with E-state index in [1.807, 2.05) is 0 Å². The van der Waals surface area contributed by atoms with Gasteiger partial charge in [-0.25, -0.2) is 0 Å². The minimum Gasteiger partial charge on any atom is -0.460 e. The summed E-state index contributed by atoms with van der Waals surface area (Å²) in [6, 6.07) is 0. The van der Waals surface area contributed by atoms with Crippen molar-refractivity contribution in [2.45, 2.75) is 20.3 Å². The molecule has 0 aromatic heterocycles. The van der Waals surface area contributed by atoms with Crippen molar-refractivity contribution in [2.75, 3.05) is 13.2 Å². The van der Waals surface area contributed by atoms with Crippen LogP contribution in [-0.2, 0) is 19.1 Å². The Morgan fingerprint density at radius 2 is 1.53 bits per heavy atom. The third-order valence-electron chi connectivity index (χ3n) is 1.35. The largest absolute Gasteiger partial charge is 0.460 e. The Balaban J connectivity index is 4.02. The lowest BCUT2D eigenvalue weighted by atomic mass is 10.5. The van der Waals surface area contributed by atoms with Gasteiger partial charge in [-0.1, -0.05) is 38.8 Å². The van der Waals surface area contributed by atoms with E-state index in [1.165, 1.54) is 6.92 Å². The zero-order valence-corrected chi connectivity index (χ0v) is 11.7. The molecule has 15 heavy (non-hydrogen) atoms. The van der Waals surface area contributed by atoms with E-state index in [0.717, 1.165) is 0 Å². The first-order chi connectivity index (χ1) is 6.97. The van der Waals surface area contributed by atoms with Crippen LogP contribution in [0.4, 0.5) is 0 Å². The van der Waals surface area contributed by atoms with Crippen molar-refractivity contribution in [3.8, 4) is 0 Å². The third kappa shape index (κ3) is 7.56. The maximum atomic E-state index is 10.8. The van der Waals surface area contributed by atoms with Crippen LogP contribution in [0.2, 0.25) is 0 Å². The molecule has 0 saturated carbocycles. The Morgan fingerprint density at radius 1 is 1.07 bits per heavy atom. The average Bonchev–Trinajstić information content (AvgIpc) is 2.21. The van der Waals surface area contributed by atoms with Crippen LogP contribution >= 0.6 is 31.9 Å². The average molecular weight is 344 g/mol. The van der Waals surface area contributed by atoms with Gasteiger partial charge in [0.05, 0.1) is 0 Å². The van der Waals surface area contributed by atoms with Crippen molar-refractivity contribution in [1.82, 2.24) is 0 Å². The molecule has 0 heterocycles. The van der Waals surface area contributed by atoms with E-state index in [-0.39, 0.29) is 25.2 Å². The van der Waals surface area contributed by atoms with E-state index in [2.05, 4.69) is 31.9 Å². The first-order valence-electron chi connectivity index (χ1n) is 4.29. The smallest absolute Gasteiger partial charge is 0.305 e. The van der Waals surface area contributed by atoms with E-state index in [9.17, 15) is 9.59 Å². The number of hydrogen-bond acceptors (Lipinski definition) is 4. The van der Waals surface area contributed by atoms with Crippen molar-refractivity contribution in [3.05, 3.63) is 8.96 Å². The first-order valence-corrected chi connectivity index (χ1v) is 5.88. The van der Waals surface area contributed by atoms with Gasteiger partial charge in [-0.05, 0) is 0 Å². The van der Waals surface area contributed by atoms with Crippen molar-refractivity contribution in [2.24, 2.45) is 0 Å². The highest BCUT2D eigenvalue weighted by Crippen LogP contribution is 2.18. The normalized spacial score (nSPS) is 11.7. The van der Waals surface area contributed by atoms with Crippen LogP contribution in [0.1, 0.15) is 20.3 Å². The second-order valence-corrected chi connectivity index (χ2v) is 4.52. The number of esters is 2. The molecular formula is C9H12Br2O4. The minimum atomic E-state index is -0.363. The van der Waals surface area contributed by atoms with Gasteiger partial charge >= 0.3 is 11.9 Å². The van der Waals surface area contributed by atoms with Crippen LogP contribution in [-0.4, -0.2) is 25.2 Å². The fraction of sp³-hybridized carbons (Fsp3) is 0.556. The van der Waals surface area contributed by atoms with Gasteiger partial charge in [-0.2, -0.15) is 0 Å². The highest BCUT2D eigenvalue weighted by atomic mass is 79.9. The van der Waals surface area contributed by atoms with E-state index >= 15 is 0 Å². The molecule has 0 aromatic carbocycles. The third-order valence-corrected chi connectivity index (χ3v) is 3.29. The van der Waals surface area contributed by atoms with Gasteiger partial charge in [0.25, 0.3) is 0 Å². The zero-order valence-electron chi connectivity index (χ0n) is 8.51. The van der Waals surface area contributed by atoms with Crippen molar-refractivity contribution < 1.29 is 19.1 Å². The van der Waals surface area contributed by atoms with Gasteiger partial charge < -0.3 is 9.47 Å². The first kappa shape index (κ1) is 14.6. The van der Waals surface area contributed by atoms with Gasteiger partial charge in [-0.15, -0.1) is 0 Å². The van der Waals surface area contributed by atoms with E-state index < -0.39 is 0 Å². The molecule has 6 heteroatoms. The molecule has 4 nitrogen and oxygen atoms in total. The van der Waals surface area contributed by atoms with Gasteiger partial charge in [0, 0.05) is 22.3 Å². The van der Waals surface area contributed by atoms with Gasteiger partial charge in [0.15, 0.2) is 0 Å². The summed E-state index contributed by atoms with van der Waals surface area (Å²) in [5, 5.41) is 0. The summed E-state index contributed by atoms with van der Waals surface area (Å²) in [7, 11) is 0. The maximum absolute atomic E-state index is 10.8. The summed E-state index contributed by atoms with van der Waals surface area (Å²) in [6.45, 7) is 3.30. The van der Waals surface area contributed by atoms with Crippen LogP contribution in [0.15, 0.2) is 8.96 Å². The number of rotatable bonds is 5. The predicted molar refractivity (Wildman–Crippen MR) is 62.8 cm³/mol. The van der Waals surface area contributed by atoms with E-state index in [0.29, 0.717) is 15.4 Å². The molecule has 0 aliphatic rings. The standard InChI is InChI=1S/C9H12Br2O4/c1-3-9(13)15-5-8(11)7(10)4-14-6(2)12/h3-5H2,1-2H3/b8-7-. The van der Waals surface area contributed by atoms with Gasteiger partial charge in [-0.3, -0.25) is 9.59 Å². The molecule has 0 aliphatic heterocycles. The molecule has 0 unspecified atom stereocenters. The second kappa shape index (κ2) is 7.87. The fourth-order valence-corrected chi connectivity index (χ4v) is 1.03. The van der Waals surface area contributed by atoms with E-state index in [4.69, 9.17) is 9.47 Å². The Kier molecular flexibility index (Phi) is 7.68. The number of halogens is 2. The molecule has 0 aromatic rings. The highest BCUT2D eigenvalue weighted by Gasteiger charge is 2.06. The number of ether oxygens (including phenoxy) is 2. The summed E-state index contributed by atoms with van der Waals surface area (Å²) in [6.07, 6.45) is 0.335. The molecule has 0 spiro atoms. The lowest BCUT2D eigenvalue weighted by Gasteiger charge is -2.06. The Hall–Kier alpha value is -0.360. The van der Waals surface area contributed by atoms with Crippen LogP contribution in [0, 0.1) is 0 Å². The summed E-state index contributed by atoms with van der Waals surface area (Å²) >= 11 is 6.42. The molecular weight excluding hydrogens is 332 g/mol. The Morgan fingerprint density at radius 3 is 1.93 bits per heavy atom. The molecule has 0 N–H and O–H groups in total. The van der Waals surface area contributed by atoms with Crippen molar-refractivity contribution in [1.29, 1.82) is 0 Å². The quantitative estimate of drug-likeness (QED) is 0.720. The SMILES string of the molecule is CCC(=O)OC/C(Br)=C(/Br)COC(C)=O. The molecule has 0 atom stereocenters. The Labute approximate surface area is 105 Å². The van der Waals surface area contributed by atoms with Crippen molar-refractivity contribution in [3.63, 3.8) is 0 Å². The Bertz CT molecular complexity index is 273. The predicted octanol–water partition coefficient (Wildman–Crippen LogP) is 2.50. The van der Waals surface area contributed by atoms with Gasteiger partial charge in [0.1, 0.15) is 13.2 Å². The molecule has 0 aliphatic carbocycles. The number of carbonyl (C=O) groups is 2. The number of hydrogen-bond donors (Lipinski definition) is 0. The molecule has 0 bridgehead atoms. The lowest BCUT2D eigenvalue weighted by molar-refractivity contribution is -0.142. The number of carbonyl (C=O) groups excluding carboxylic acids is 2. The summed E-state index contributed by atoms with van der Waals surface area (Å²) < 4.78 is 10.9. The lowest BCUT2D eigenvalue weighted by Crippen LogP contribution is -2.06. The monoisotopic (exact) mass is 342 g/mol. The summed E-state index contributed by atoms with van der Waals surface area (Å²) in [5.41, 5.74) is 0. The highest BCUT2D eigenvalue weighted by molar-refractivity contribution is 9.14. The van der Waals surface area contributed by atoms with E-state index in [1.54, 1.807) is 6.92 Å². The summed E-state index contributed by atoms with van der Waals surface area (Å²) in [4.78, 5) is 21.4. The molecule has 0 fully saturated rings. The molecule has 0 radical (unpaired) electrons. The molecule has 0 saturated heterocycles. The van der Waals surface area contributed by atoms with Gasteiger partial charge in [0.2, 0.25) is 0 Å². The molecule has 86 valence electrons. The second-order valence-electron chi connectivity index (χ2n) is 2.60. The summed E-state index contributed by atoms with van der Waals surface area (Å²) in [5.74, 6) is -0.641. The van der Waals surface area contributed by atoms with Crippen LogP contribution in [0.3, 0.4) is 0 Å². The van der Waals surface area contributed by atoms with Crippen LogP contribution < -0.4 is 0 Å². The van der Waals surface area contributed by atoms with Crippen molar-refractivity contribution >= 4 is 43.8 Å². The topological polar surface area (TPSA) is 52.6 Å². The molecule has 0 rings (SSSR count). The van der Waals surface area contributed by atoms with Crippen LogP contribution in [0.5, 0.6) is 0 Å².